The van der Waals surface area contributed by atoms with Gasteiger partial charge in [-0.1, -0.05) is 23.4 Å². The van der Waals surface area contributed by atoms with Crippen LogP contribution in [-0.2, 0) is 11.8 Å². The molecule has 1 N–H and O–H groups in total. The molecule has 0 saturated carbocycles. The summed E-state index contributed by atoms with van der Waals surface area (Å²) in [4.78, 5) is 26.5. The van der Waals surface area contributed by atoms with Crippen molar-refractivity contribution in [2.45, 2.75) is 25.4 Å². The molecule has 114 valence electrons. The summed E-state index contributed by atoms with van der Waals surface area (Å²) >= 11 is 0. The number of aryl methyl sites for hydroxylation is 1. The van der Waals surface area contributed by atoms with Gasteiger partial charge in [0.15, 0.2) is 0 Å². The third-order valence-electron chi connectivity index (χ3n) is 3.84. The number of rotatable bonds is 3. The van der Waals surface area contributed by atoms with Crippen molar-refractivity contribution in [1.29, 1.82) is 0 Å². The van der Waals surface area contributed by atoms with Crippen LogP contribution in [0.1, 0.15) is 23.8 Å². The van der Waals surface area contributed by atoms with E-state index in [1.54, 1.807) is 11.9 Å². The summed E-state index contributed by atoms with van der Waals surface area (Å²) in [5, 5.41) is 10.2. The molecule has 3 rings (SSSR count). The molecule has 1 aromatic carbocycles. The summed E-state index contributed by atoms with van der Waals surface area (Å²) in [5.74, 6) is -0.435. The Balaban J connectivity index is 1.76. The molecule has 0 unspecified atom stereocenters. The number of carbonyl (C=O) groups excluding carboxylic acids is 2. The predicted molar refractivity (Wildman–Crippen MR) is 80.3 cm³/mol. The minimum atomic E-state index is -0.530. The Morgan fingerprint density at radius 1 is 1.32 bits per heavy atom. The van der Waals surface area contributed by atoms with Crippen molar-refractivity contribution in [2.75, 3.05) is 4.90 Å². The van der Waals surface area contributed by atoms with Gasteiger partial charge in [-0.3, -0.25) is 9.59 Å². The van der Waals surface area contributed by atoms with E-state index in [-0.39, 0.29) is 17.9 Å². The van der Waals surface area contributed by atoms with Crippen molar-refractivity contribution >= 4 is 17.5 Å². The normalized spacial score (nSPS) is 21.2. The van der Waals surface area contributed by atoms with Crippen LogP contribution < -0.4 is 10.2 Å². The van der Waals surface area contributed by atoms with Crippen molar-refractivity contribution in [3.8, 4) is 0 Å². The summed E-state index contributed by atoms with van der Waals surface area (Å²) in [6.07, 6.45) is 1.96. The topological polar surface area (TPSA) is 80.1 Å². The Hall–Kier alpha value is -2.70. The van der Waals surface area contributed by atoms with Gasteiger partial charge in [-0.15, -0.1) is 5.10 Å². The lowest BCUT2D eigenvalue weighted by molar-refractivity contribution is -0.118. The fraction of sp³-hybridized carbons (Fsp3) is 0.333. The van der Waals surface area contributed by atoms with Crippen LogP contribution in [0.3, 0.4) is 0 Å². The smallest absolute Gasteiger partial charge is 0.271 e. The van der Waals surface area contributed by atoms with Crippen molar-refractivity contribution < 1.29 is 9.59 Å². The molecule has 1 saturated heterocycles. The largest absolute Gasteiger partial charge is 0.339 e. The van der Waals surface area contributed by atoms with Gasteiger partial charge in [-0.2, -0.15) is 0 Å². The number of hydrogen-bond acceptors (Lipinski definition) is 4. The molecule has 0 bridgehead atoms. The van der Waals surface area contributed by atoms with Gasteiger partial charge in [0.25, 0.3) is 5.91 Å². The lowest BCUT2D eigenvalue weighted by Crippen LogP contribution is -2.42. The molecular weight excluding hydrogens is 282 g/mol. The lowest BCUT2D eigenvalue weighted by atomic mass is 10.2. The summed E-state index contributed by atoms with van der Waals surface area (Å²) in [5.41, 5.74) is 1.18. The van der Waals surface area contributed by atoms with E-state index >= 15 is 0 Å². The van der Waals surface area contributed by atoms with Crippen LogP contribution >= 0.6 is 0 Å². The summed E-state index contributed by atoms with van der Waals surface area (Å²) < 4.78 is 1.38. The van der Waals surface area contributed by atoms with Gasteiger partial charge < -0.3 is 10.2 Å². The first kappa shape index (κ1) is 14.2. The Morgan fingerprint density at radius 2 is 2.05 bits per heavy atom. The Morgan fingerprint density at radius 3 is 2.68 bits per heavy atom. The highest BCUT2D eigenvalue weighted by Crippen LogP contribution is 2.26. The first-order chi connectivity index (χ1) is 10.6. The molecule has 2 atom stereocenters. The van der Waals surface area contributed by atoms with Gasteiger partial charge in [0.05, 0.1) is 6.20 Å². The maximum atomic E-state index is 12.6. The average molecular weight is 299 g/mol. The van der Waals surface area contributed by atoms with E-state index in [9.17, 15) is 9.59 Å². The van der Waals surface area contributed by atoms with Crippen LogP contribution in [0.25, 0.3) is 0 Å². The summed E-state index contributed by atoms with van der Waals surface area (Å²) in [6.45, 7) is 1.97. The Labute approximate surface area is 127 Å². The molecule has 2 aromatic rings. The third-order valence-corrected chi connectivity index (χ3v) is 3.84. The number of amides is 2. The standard InChI is InChI=1S/C15H17N5O2/c1-10-8-12(17-14(21)13-9-16-18-19(13)2)15(22)20(10)11-6-4-3-5-7-11/h3-7,9-10,12H,8H2,1-2H3,(H,17,21)/t10-,12-/m1/s1. The molecule has 1 fully saturated rings. The zero-order valence-electron chi connectivity index (χ0n) is 12.4. The number of anilines is 1. The number of nitrogens with one attached hydrogen (secondary N) is 1. The zero-order chi connectivity index (χ0) is 15.7. The highest BCUT2D eigenvalue weighted by Gasteiger charge is 2.39. The second kappa shape index (κ2) is 5.59. The summed E-state index contributed by atoms with van der Waals surface area (Å²) in [6, 6.07) is 8.98. The molecular formula is C15H17N5O2. The predicted octanol–water partition coefficient (Wildman–Crippen LogP) is 0.739. The molecule has 1 aromatic heterocycles. The second-order valence-corrected chi connectivity index (χ2v) is 5.40. The van der Waals surface area contributed by atoms with E-state index in [1.807, 2.05) is 37.3 Å². The number of aromatic nitrogens is 3. The Kier molecular flexibility index (Phi) is 3.62. The van der Waals surface area contributed by atoms with Gasteiger partial charge in [-0.05, 0) is 25.5 Å². The SMILES string of the molecule is C[C@@H]1C[C@@H](NC(=O)c2cnnn2C)C(=O)N1c1ccccc1. The molecule has 0 spiro atoms. The first-order valence-corrected chi connectivity index (χ1v) is 7.11. The van der Waals surface area contributed by atoms with Crippen molar-refractivity contribution in [3.63, 3.8) is 0 Å². The van der Waals surface area contributed by atoms with E-state index < -0.39 is 6.04 Å². The van der Waals surface area contributed by atoms with Crippen LogP contribution in [0.5, 0.6) is 0 Å². The van der Waals surface area contributed by atoms with Crippen LogP contribution in [0.15, 0.2) is 36.5 Å². The lowest BCUT2D eigenvalue weighted by Gasteiger charge is -2.21. The first-order valence-electron chi connectivity index (χ1n) is 7.11. The maximum Gasteiger partial charge on any atom is 0.271 e. The molecule has 7 nitrogen and oxygen atoms in total. The monoisotopic (exact) mass is 299 g/mol. The van der Waals surface area contributed by atoms with Gasteiger partial charge in [0.2, 0.25) is 5.91 Å². The van der Waals surface area contributed by atoms with Crippen LogP contribution in [0, 0.1) is 0 Å². The van der Waals surface area contributed by atoms with Crippen LogP contribution in [-0.4, -0.2) is 38.9 Å². The molecule has 2 amide bonds. The molecule has 7 heteroatoms. The van der Waals surface area contributed by atoms with E-state index in [2.05, 4.69) is 15.6 Å². The average Bonchev–Trinajstić information content (AvgIpc) is 3.04. The number of para-hydroxylation sites is 1. The highest BCUT2D eigenvalue weighted by atomic mass is 16.2. The second-order valence-electron chi connectivity index (χ2n) is 5.40. The number of benzene rings is 1. The molecule has 1 aliphatic heterocycles. The van der Waals surface area contributed by atoms with E-state index in [4.69, 9.17) is 0 Å². The molecule has 1 aliphatic rings. The number of carbonyl (C=O) groups is 2. The highest BCUT2D eigenvalue weighted by molar-refractivity contribution is 6.03. The zero-order valence-corrected chi connectivity index (χ0v) is 12.4. The molecule has 0 aliphatic carbocycles. The maximum absolute atomic E-state index is 12.6. The minimum absolute atomic E-state index is 0.0323. The van der Waals surface area contributed by atoms with E-state index in [0.29, 0.717) is 12.1 Å². The fourth-order valence-electron chi connectivity index (χ4n) is 2.75. The van der Waals surface area contributed by atoms with E-state index in [0.717, 1.165) is 5.69 Å². The van der Waals surface area contributed by atoms with Gasteiger partial charge >= 0.3 is 0 Å². The summed E-state index contributed by atoms with van der Waals surface area (Å²) in [7, 11) is 1.64. The van der Waals surface area contributed by atoms with Crippen LogP contribution in [0.2, 0.25) is 0 Å². The van der Waals surface area contributed by atoms with Crippen molar-refractivity contribution in [1.82, 2.24) is 20.3 Å². The number of nitrogens with zero attached hydrogens (tertiary/aromatic N) is 4. The van der Waals surface area contributed by atoms with Gasteiger partial charge in [-0.25, -0.2) is 4.68 Å². The van der Waals surface area contributed by atoms with Crippen LogP contribution in [0.4, 0.5) is 5.69 Å². The third kappa shape index (κ3) is 2.45. The van der Waals surface area contributed by atoms with Gasteiger partial charge in [0.1, 0.15) is 11.7 Å². The number of hydrogen-bond donors (Lipinski definition) is 1. The molecule has 0 radical (unpaired) electrons. The quantitative estimate of drug-likeness (QED) is 0.906. The minimum Gasteiger partial charge on any atom is -0.339 e. The van der Waals surface area contributed by atoms with Gasteiger partial charge in [0, 0.05) is 18.8 Å². The van der Waals surface area contributed by atoms with Crippen molar-refractivity contribution in [2.24, 2.45) is 7.05 Å². The fourth-order valence-corrected chi connectivity index (χ4v) is 2.75. The van der Waals surface area contributed by atoms with E-state index in [1.165, 1.54) is 10.9 Å². The molecule has 22 heavy (non-hydrogen) atoms. The van der Waals surface area contributed by atoms with Crippen molar-refractivity contribution in [3.05, 3.63) is 42.2 Å². The Bertz CT molecular complexity index is 697. The molecule has 2 heterocycles.